The van der Waals surface area contributed by atoms with Crippen LogP contribution in [0.15, 0.2) is 0 Å². The summed E-state index contributed by atoms with van der Waals surface area (Å²) in [6.45, 7) is 3.65. The van der Waals surface area contributed by atoms with Crippen LogP contribution in [0.2, 0.25) is 0 Å². The first kappa shape index (κ1) is 12.5. The van der Waals surface area contributed by atoms with Crippen molar-refractivity contribution in [1.82, 2.24) is 25.8 Å². The topological polar surface area (TPSA) is 99.8 Å². The van der Waals surface area contributed by atoms with Crippen molar-refractivity contribution in [3.05, 3.63) is 11.6 Å². The summed E-state index contributed by atoms with van der Waals surface area (Å²) in [4.78, 5) is 27.1. The lowest BCUT2D eigenvalue weighted by Crippen LogP contribution is -2.40. The normalized spacial score (nSPS) is 14.6. The molecule has 7 heteroatoms. The van der Waals surface area contributed by atoms with Crippen LogP contribution in [0.4, 0.5) is 0 Å². The average molecular weight is 251 g/mol. The number of rotatable bonds is 5. The van der Waals surface area contributed by atoms with E-state index in [-0.39, 0.29) is 24.3 Å². The number of hydrogen-bond acceptors (Lipinski definition) is 4. The van der Waals surface area contributed by atoms with Crippen LogP contribution in [0, 0.1) is 0 Å². The number of carbonyl (C=O) groups is 2. The third-order valence-corrected chi connectivity index (χ3v) is 2.53. The fourth-order valence-electron chi connectivity index (χ4n) is 1.53. The van der Waals surface area contributed by atoms with E-state index in [2.05, 4.69) is 25.8 Å². The Labute approximate surface area is 105 Å². The van der Waals surface area contributed by atoms with E-state index in [9.17, 15) is 9.59 Å². The van der Waals surface area contributed by atoms with Gasteiger partial charge in [0, 0.05) is 12.0 Å². The van der Waals surface area contributed by atoms with E-state index < -0.39 is 5.91 Å². The van der Waals surface area contributed by atoms with E-state index in [4.69, 9.17) is 0 Å². The van der Waals surface area contributed by atoms with Gasteiger partial charge >= 0.3 is 0 Å². The van der Waals surface area contributed by atoms with Gasteiger partial charge in [-0.3, -0.25) is 14.7 Å². The summed E-state index contributed by atoms with van der Waals surface area (Å²) < 4.78 is 0. The van der Waals surface area contributed by atoms with E-state index >= 15 is 0 Å². The van der Waals surface area contributed by atoms with Crippen LogP contribution < -0.4 is 10.6 Å². The molecule has 1 aromatic heterocycles. The lowest BCUT2D eigenvalue weighted by Gasteiger charge is -2.08. The summed E-state index contributed by atoms with van der Waals surface area (Å²) in [7, 11) is 0. The molecule has 0 bridgehead atoms. The molecule has 1 heterocycles. The van der Waals surface area contributed by atoms with Crippen molar-refractivity contribution in [3.8, 4) is 0 Å². The Morgan fingerprint density at radius 3 is 2.78 bits per heavy atom. The molecule has 0 radical (unpaired) electrons. The van der Waals surface area contributed by atoms with Crippen LogP contribution in [0.3, 0.4) is 0 Å². The Kier molecular flexibility index (Phi) is 3.59. The molecule has 2 amide bonds. The summed E-state index contributed by atoms with van der Waals surface area (Å²) in [5.74, 6) is 0.609. The van der Waals surface area contributed by atoms with Gasteiger partial charge in [-0.1, -0.05) is 0 Å². The smallest absolute Gasteiger partial charge is 0.291 e. The second-order valence-electron chi connectivity index (χ2n) is 4.72. The molecular weight excluding hydrogens is 234 g/mol. The second-order valence-corrected chi connectivity index (χ2v) is 4.72. The minimum atomic E-state index is -0.433. The highest BCUT2D eigenvalue weighted by Gasteiger charge is 2.28. The number of amides is 2. The van der Waals surface area contributed by atoms with E-state index in [0.29, 0.717) is 5.92 Å². The number of aromatic amines is 1. The maximum absolute atomic E-state index is 11.7. The lowest BCUT2D eigenvalue weighted by molar-refractivity contribution is -0.120. The molecule has 0 spiro atoms. The third kappa shape index (κ3) is 3.28. The van der Waals surface area contributed by atoms with Gasteiger partial charge in [-0.15, -0.1) is 5.10 Å². The summed E-state index contributed by atoms with van der Waals surface area (Å²) in [5, 5.41) is 11.7. The van der Waals surface area contributed by atoms with Crippen LogP contribution in [-0.4, -0.2) is 39.6 Å². The molecule has 0 saturated heterocycles. The molecular formula is C11H17N5O2. The van der Waals surface area contributed by atoms with Crippen LogP contribution in [0.5, 0.6) is 0 Å². The predicted octanol–water partition coefficient (Wildman–Crippen LogP) is -0.0635. The molecule has 7 nitrogen and oxygen atoms in total. The zero-order chi connectivity index (χ0) is 13.1. The summed E-state index contributed by atoms with van der Waals surface area (Å²) >= 11 is 0. The van der Waals surface area contributed by atoms with Gasteiger partial charge in [0.2, 0.25) is 11.7 Å². The van der Waals surface area contributed by atoms with Crippen molar-refractivity contribution < 1.29 is 9.59 Å². The van der Waals surface area contributed by atoms with Crippen LogP contribution in [-0.2, 0) is 4.79 Å². The largest absolute Gasteiger partial charge is 0.352 e. The van der Waals surface area contributed by atoms with Crippen molar-refractivity contribution in [2.75, 3.05) is 6.54 Å². The molecule has 0 aromatic carbocycles. The van der Waals surface area contributed by atoms with Gasteiger partial charge < -0.3 is 10.6 Å². The molecule has 2 rings (SSSR count). The molecule has 1 saturated carbocycles. The van der Waals surface area contributed by atoms with Gasteiger partial charge in [0.25, 0.3) is 5.91 Å². The zero-order valence-electron chi connectivity index (χ0n) is 10.5. The average Bonchev–Trinajstić information content (AvgIpc) is 3.03. The third-order valence-electron chi connectivity index (χ3n) is 2.53. The van der Waals surface area contributed by atoms with Crippen LogP contribution >= 0.6 is 0 Å². The number of aromatic nitrogens is 3. The van der Waals surface area contributed by atoms with Gasteiger partial charge in [0.05, 0.1) is 6.54 Å². The molecule has 1 fully saturated rings. The molecule has 1 aromatic rings. The molecule has 1 aliphatic carbocycles. The molecule has 18 heavy (non-hydrogen) atoms. The summed E-state index contributed by atoms with van der Waals surface area (Å²) in [5.41, 5.74) is 0. The van der Waals surface area contributed by atoms with Crippen LogP contribution in [0.1, 0.15) is 49.1 Å². The predicted molar refractivity (Wildman–Crippen MR) is 64.0 cm³/mol. The monoisotopic (exact) mass is 251 g/mol. The standard InChI is InChI=1S/C11H17N5O2/c1-6(2)13-8(17)5-12-11(18)10-14-9(15-16-10)7-3-4-7/h6-7H,3-5H2,1-2H3,(H,12,18)(H,13,17)(H,14,15,16). The van der Waals surface area contributed by atoms with Crippen molar-refractivity contribution in [2.24, 2.45) is 0 Å². The van der Waals surface area contributed by atoms with E-state index in [1.807, 2.05) is 13.8 Å². The minimum Gasteiger partial charge on any atom is -0.352 e. The van der Waals surface area contributed by atoms with Crippen molar-refractivity contribution in [1.29, 1.82) is 0 Å². The SMILES string of the molecule is CC(C)NC(=O)CNC(=O)c1n[nH]c(C2CC2)n1. The molecule has 0 aliphatic heterocycles. The van der Waals surface area contributed by atoms with Gasteiger partial charge in [-0.25, -0.2) is 4.98 Å². The van der Waals surface area contributed by atoms with E-state index in [0.717, 1.165) is 18.7 Å². The molecule has 1 aliphatic rings. The second kappa shape index (κ2) is 5.16. The first-order valence-corrected chi connectivity index (χ1v) is 6.06. The van der Waals surface area contributed by atoms with Gasteiger partial charge in [0.15, 0.2) is 0 Å². The quantitative estimate of drug-likeness (QED) is 0.682. The maximum atomic E-state index is 11.7. The number of hydrogen-bond donors (Lipinski definition) is 3. The first-order chi connectivity index (χ1) is 8.56. The Bertz CT molecular complexity index is 450. The first-order valence-electron chi connectivity index (χ1n) is 6.06. The number of nitrogens with zero attached hydrogens (tertiary/aromatic N) is 2. The van der Waals surface area contributed by atoms with E-state index in [1.54, 1.807) is 0 Å². The van der Waals surface area contributed by atoms with Crippen LogP contribution in [0.25, 0.3) is 0 Å². The Balaban J connectivity index is 1.81. The highest BCUT2D eigenvalue weighted by molar-refractivity contribution is 5.93. The number of H-pyrrole nitrogens is 1. The van der Waals surface area contributed by atoms with Gasteiger partial charge in [0.1, 0.15) is 5.82 Å². The van der Waals surface area contributed by atoms with Crippen molar-refractivity contribution in [3.63, 3.8) is 0 Å². The molecule has 3 N–H and O–H groups in total. The van der Waals surface area contributed by atoms with Crippen molar-refractivity contribution in [2.45, 2.75) is 38.6 Å². The molecule has 0 unspecified atom stereocenters. The highest BCUT2D eigenvalue weighted by atomic mass is 16.2. The Hall–Kier alpha value is -1.92. The molecule has 98 valence electrons. The minimum absolute atomic E-state index is 0.0550. The fraction of sp³-hybridized carbons (Fsp3) is 0.636. The Morgan fingerprint density at radius 1 is 1.44 bits per heavy atom. The van der Waals surface area contributed by atoms with Gasteiger partial charge in [-0.2, -0.15) is 0 Å². The highest BCUT2D eigenvalue weighted by Crippen LogP contribution is 2.37. The zero-order valence-corrected chi connectivity index (χ0v) is 10.5. The van der Waals surface area contributed by atoms with Gasteiger partial charge in [-0.05, 0) is 26.7 Å². The van der Waals surface area contributed by atoms with Crippen molar-refractivity contribution >= 4 is 11.8 Å². The molecule has 0 atom stereocenters. The lowest BCUT2D eigenvalue weighted by atomic mass is 10.4. The fourth-order valence-corrected chi connectivity index (χ4v) is 1.53. The number of carbonyl (C=O) groups excluding carboxylic acids is 2. The summed E-state index contributed by atoms with van der Waals surface area (Å²) in [6.07, 6.45) is 2.18. The van der Waals surface area contributed by atoms with E-state index in [1.165, 1.54) is 0 Å². The Morgan fingerprint density at radius 2 is 2.17 bits per heavy atom. The number of nitrogens with one attached hydrogen (secondary N) is 3. The maximum Gasteiger partial charge on any atom is 0.291 e. The summed E-state index contributed by atoms with van der Waals surface area (Å²) in [6, 6.07) is 0.0550.